The van der Waals surface area contributed by atoms with Crippen molar-refractivity contribution in [2.24, 2.45) is 0 Å². The molecule has 7 heteroatoms. The van der Waals surface area contributed by atoms with Crippen molar-refractivity contribution >= 4 is 17.7 Å². The number of benzene rings is 3. The largest absolute Gasteiger partial charge is 0.339 e. The highest BCUT2D eigenvalue weighted by Gasteiger charge is 2.26. The minimum Gasteiger partial charge on any atom is -0.339 e. The molecule has 1 amide bonds. The monoisotopic (exact) mass is 498 g/mol. The number of rotatable bonds is 8. The Morgan fingerprint density at radius 3 is 1.80 bits per heavy atom. The standard InChI is InChI=1S/C28H29F3N2OS/c1-32(26-14-16-33(17-15-26)28(34)22-6-12-25(31)13-7-22)18-19-35-27(20-2-8-23(29)9-3-20)21-4-10-24(30)11-5-21/h2-13,26-27H,14-19H2,1H3. The van der Waals surface area contributed by atoms with Crippen molar-refractivity contribution in [2.75, 3.05) is 32.4 Å². The molecule has 1 aliphatic heterocycles. The van der Waals surface area contributed by atoms with E-state index in [9.17, 15) is 18.0 Å². The van der Waals surface area contributed by atoms with Gasteiger partial charge in [0.1, 0.15) is 17.5 Å². The predicted octanol–water partition coefficient (Wildman–Crippen LogP) is 6.16. The van der Waals surface area contributed by atoms with Gasteiger partial charge in [0.2, 0.25) is 0 Å². The van der Waals surface area contributed by atoms with Crippen molar-refractivity contribution in [1.29, 1.82) is 0 Å². The Morgan fingerprint density at radius 1 is 0.857 bits per heavy atom. The van der Waals surface area contributed by atoms with E-state index >= 15 is 0 Å². The molecule has 0 spiro atoms. The normalized spacial score (nSPS) is 14.6. The lowest BCUT2D eigenvalue weighted by Gasteiger charge is -2.37. The van der Waals surface area contributed by atoms with Crippen LogP contribution in [0.1, 0.15) is 39.6 Å². The second kappa shape index (κ2) is 11.8. The zero-order valence-corrected chi connectivity index (χ0v) is 20.5. The number of carbonyl (C=O) groups excluding carboxylic acids is 1. The van der Waals surface area contributed by atoms with Gasteiger partial charge in [-0.15, -0.1) is 11.8 Å². The van der Waals surface area contributed by atoms with Gasteiger partial charge in [0.05, 0.1) is 5.25 Å². The summed E-state index contributed by atoms with van der Waals surface area (Å²) in [6.45, 7) is 2.21. The minimum atomic E-state index is -0.346. The van der Waals surface area contributed by atoms with Gasteiger partial charge in [-0.3, -0.25) is 4.79 Å². The molecule has 0 aliphatic carbocycles. The first kappa shape index (κ1) is 25.3. The number of halogens is 3. The van der Waals surface area contributed by atoms with Crippen LogP contribution in [0.2, 0.25) is 0 Å². The zero-order chi connectivity index (χ0) is 24.8. The summed E-state index contributed by atoms with van der Waals surface area (Å²) >= 11 is 1.75. The van der Waals surface area contributed by atoms with E-state index in [1.807, 2.05) is 4.90 Å². The molecule has 184 valence electrons. The summed E-state index contributed by atoms with van der Waals surface area (Å²) in [5, 5.41) is -0.0141. The maximum atomic E-state index is 13.5. The molecule has 1 aliphatic rings. The van der Waals surface area contributed by atoms with Gasteiger partial charge >= 0.3 is 0 Å². The fourth-order valence-electron chi connectivity index (χ4n) is 4.44. The molecule has 0 unspecified atom stereocenters. The molecule has 0 saturated carbocycles. The van der Waals surface area contributed by atoms with Crippen LogP contribution in [-0.2, 0) is 0 Å². The summed E-state index contributed by atoms with van der Waals surface area (Å²) in [6.07, 6.45) is 1.76. The average molecular weight is 499 g/mol. The maximum Gasteiger partial charge on any atom is 0.253 e. The van der Waals surface area contributed by atoms with Gasteiger partial charge < -0.3 is 9.80 Å². The third-order valence-electron chi connectivity index (χ3n) is 6.54. The number of piperidine rings is 1. The molecule has 4 rings (SSSR count). The van der Waals surface area contributed by atoms with E-state index in [-0.39, 0.29) is 28.6 Å². The Labute approximate surface area is 208 Å². The van der Waals surface area contributed by atoms with Gasteiger partial charge in [0.15, 0.2) is 0 Å². The molecule has 0 atom stereocenters. The van der Waals surface area contributed by atoms with Crippen molar-refractivity contribution in [3.8, 4) is 0 Å². The molecule has 1 saturated heterocycles. The summed E-state index contributed by atoms with van der Waals surface area (Å²) in [5.74, 6) is -0.102. The molecule has 0 bridgehead atoms. The first-order valence-electron chi connectivity index (χ1n) is 11.8. The van der Waals surface area contributed by atoms with Crippen molar-refractivity contribution in [3.63, 3.8) is 0 Å². The Morgan fingerprint density at radius 2 is 1.31 bits per heavy atom. The zero-order valence-electron chi connectivity index (χ0n) is 19.7. The van der Waals surface area contributed by atoms with Gasteiger partial charge in [-0.1, -0.05) is 24.3 Å². The Bertz CT molecular complexity index is 1050. The van der Waals surface area contributed by atoms with Crippen molar-refractivity contribution in [2.45, 2.75) is 24.1 Å². The summed E-state index contributed by atoms with van der Waals surface area (Å²) in [4.78, 5) is 16.9. The van der Waals surface area contributed by atoms with Gasteiger partial charge in [-0.05, 0) is 79.5 Å². The topological polar surface area (TPSA) is 23.6 Å². The van der Waals surface area contributed by atoms with Crippen LogP contribution in [0.15, 0.2) is 72.8 Å². The average Bonchev–Trinajstić information content (AvgIpc) is 2.88. The third-order valence-corrected chi connectivity index (χ3v) is 7.84. The molecule has 0 aromatic heterocycles. The predicted molar refractivity (Wildman–Crippen MR) is 135 cm³/mol. The Kier molecular flexibility index (Phi) is 8.52. The third kappa shape index (κ3) is 6.67. The SMILES string of the molecule is CN(CCSC(c1ccc(F)cc1)c1ccc(F)cc1)C1CCN(C(=O)c2ccc(F)cc2)CC1. The van der Waals surface area contributed by atoms with Gasteiger partial charge in [0, 0.05) is 37.0 Å². The summed E-state index contributed by atoms with van der Waals surface area (Å²) in [7, 11) is 2.10. The van der Waals surface area contributed by atoms with Crippen LogP contribution >= 0.6 is 11.8 Å². The molecule has 0 radical (unpaired) electrons. The number of thioether (sulfide) groups is 1. The van der Waals surface area contributed by atoms with Crippen molar-refractivity contribution < 1.29 is 18.0 Å². The lowest BCUT2D eigenvalue weighted by atomic mass is 10.0. The molecule has 0 N–H and O–H groups in total. The second-order valence-electron chi connectivity index (χ2n) is 8.86. The molecule has 3 aromatic carbocycles. The van der Waals surface area contributed by atoms with E-state index in [0.29, 0.717) is 24.7 Å². The first-order chi connectivity index (χ1) is 16.9. The molecule has 35 heavy (non-hydrogen) atoms. The number of nitrogens with zero attached hydrogens (tertiary/aromatic N) is 2. The summed E-state index contributed by atoms with van der Waals surface area (Å²) in [6, 6.07) is 19.1. The quantitative estimate of drug-likeness (QED) is 0.372. The van der Waals surface area contributed by atoms with Crippen LogP contribution in [-0.4, -0.2) is 54.2 Å². The van der Waals surface area contributed by atoms with Crippen LogP contribution < -0.4 is 0 Å². The first-order valence-corrected chi connectivity index (χ1v) is 12.8. The van der Waals surface area contributed by atoms with E-state index in [1.54, 1.807) is 36.0 Å². The molecular formula is C28H29F3N2OS. The minimum absolute atomic E-state index is 0.0141. The lowest BCUT2D eigenvalue weighted by molar-refractivity contribution is 0.0651. The van der Waals surface area contributed by atoms with Gasteiger partial charge in [-0.2, -0.15) is 0 Å². The summed E-state index contributed by atoms with van der Waals surface area (Å²) in [5.41, 5.74) is 2.48. The van der Waals surface area contributed by atoms with E-state index in [4.69, 9.17) is 0 Å². The maximum absolute atomic E-state index is 13.5. The highest BCUT2D eigenvalue weighted by Crippen LogP contribution is 2.36. The smallest absolute Gasteiger partial charge is 0.253 e. The highest BCUT2D eigenvalue weighted by molar-refractivity contribution is 7.99. The van der Waals surface area contributed by atoms with Crippen LogP contribution in [0.3, 0.4) is 0 Å². The van der Waals surface area contributed by atoms with Crippen molar-refractivity contribution in [1.82, 2.24) is 9.80 Å². The van der Waals surface area contributed by atoms with E-state index in [2.05, 4.69) is 11.9 Å². The summed E-state index contributed by atoms with van der Waals surface area (Å²) < 4.78 is 40.1. The van der Waals surface area contributed by atoms with Crippen LogP contribution in [0.4, 0.5) is 13.2 Å². The second-order valence-corrected chi connectivity index (χ2v) is 10.1. The van der Waals surface area contributed by atoms with Crippen LogP contribution in [0.25, 0.3) is 0 Å². The fourth-order valence-corrected chi connectivity index (χ4v) is 5.77. The highest BCUT2D eigenvalue weighted by atomic mass is 32.2. The number of amides is 1. The number of hydrogen-bond donors (Lipinski definition) is 0. The van der Waals surface area contributed by atoms with Gasteiger partial charge in [0.25, 0.3) is 5.91 Å². The van der Waals surface area contributed by atoms with Crippen molar-refractivity contribution in [3.05, 3.63) is 107 Å². The molecule has 1 heterocycles. The van der Waals surface area contributed by atoms with E-state index in [1.165, 1.54) is 48.5 Å². The van der Waals surface area contributed by atoms with E-state index in [0.717, 1.165) is 36.3 Å². The molecular weight excluding hydrogens is 469 g/mol. The number of hydrogen-bond acceptors (Lipinski definition) is 3. The van der Waals surface area contributed by atoms with Crippen LogP contribution in [0, 0.1) is 17.5 Å². The number of carbonyl (C=O) groups is 1. The Hall–Kier alpha value is -2.77. The van der Waals surface area contributed by atoms with Crippen LogP contribution in [0.5, 0.6) is 0 Å². The van der Waals surface area contributed by atoms with E-state index < -0.39 is 0 Å². The molecule has 3 nitrogen and oxygen atoms in total. The fraction of sp³-hybridized carbons (Fsp3) is 0.321. The molecule has 1 fully saturated rings. The lowest BCUT2D eigenvalue weighted by Crippen LogP contribution is -2.46. The molecule has 3 aromatic rings. The number of likely N-dealkylation sites (tertiary alicyclic amines) is 1. The van der Waals surface area contributed by atoms with Gasteiger partial charge in [-0.25, -0.2) is 13.2 Å². The Balaban J connectivity index is 1.30.